The number of nitrogens with one attached hydrogen (secondary N) is 1. The maximum absolute atomic E-state index is 13.4. The quantitative estimate of drug-likeness (QED) is 0.658. The third-order valence-electron chi connectivity index (χ3n) is 3.08. The van der Waals surface area contributed by atoms with Gasteiger partial charge < -0.3 is 10.1 Å². The van der Waals surface area contributed by atoms with E-state index in [1.807, 2.05) is 5.32 Å². The van der Waals surface area contributed by atoms with Crippen LogP contribution in [-0.4, -0.2) is 12.1 Å². The molecule has 1 aromatic carbocycles. The number of nitrogens with zero attached hydrogens (tertiary/aromatic N) is 1. The van der Waals surface area contributed by atoms with Gasteiger partial charge in [-0.05, 0) is 17.7 Å². The van der Waals surface area contributed by atoms with Crippen LogP contribution in [0, 0.1) is 23.5 Å². The number of hydrogen-bond acceptors (Lipinski definition) is 3. The highest BCUT2D eigenvalue weighted by molar-refractivity contribution is 5.47. The third-order valence-corrected chi connectivity index (χ3v) is 3.08. The van der Waals surface area contributed by atoms with Crippen molar-refractivity contribution in [1.29, 1.82) is 0 Å². The van der Waals surface area contributed by atoms with E-state index >= 15 is 0 Å². The minimum absolute atomic E-state index is 0.0792. The number of pyridine rings is 1. The molecule has 0 unspecified atom stereocenters. The number of halogens is 7. The molecular formula is C14H9F7N2O. The molecule has 0 saturated heterocycles. The second kappa shape index (κ2) is 6.54. The van der Waals surface area contributed by atoms with Crippen LogP contribution in [0.3, 0.4) is 0 Å². The average Bonchev–Trinajstić information content (AvgIpc) is 2.52. The summed E-state index contributed by atoms with van der Waals surface area (Å²) in [5, 5.41) is 1.92. The molecule has 2 aromatic rings. The van der Waals surface area contributed by atoms with Gasteiger partial charge in [-0.15, -0.1) is 0 Å². The van der Waals surface area contributed by atoms with Gasteiger partial charge in [0, 0.05) is 6.54 Å². The van der Waals surface area contributed by atoms with Crippen molar-refractivity contribution in [2.24, 2.45) is 0 Å². The largest absolute Gasteiger partial charge is 0.497 e. The zero-order valence-electron chi connectivity index (χ0n) is 11.9. The van der Waals surface area contributed by atoms with Crippen LogP contribution < -0.4 is 10.1 Å². The molecular weight excluding hydrogens is 345 g/mol. The topological polar surface area (TPSA) is 34.1 Å². The van der Waals surface area contributed by atoms with Gasteiger partial charge >= 0.3 is 6.18 Å². The average molecular weight is 354 g/mol. The van der Waals surface area contributed by atoms with Crippen molar-refractivity contribution in [2.75, 3.05) is 12.4 Å². The molecule has 0 saturated carbocycles. The Labute approximate surface area is 131 Å². The van der Waals surface area contributed by atoms with E-state index in [1.165, 1.54) is 13.2 Å². The van der Waals surface area contributed by atoms with Crippen molar-refractivity contribution in [1.82, 2.24) is 4.98 Å². The molecule has 0 aliphatic heterocycles. The molecule has 24 heavy (non-hydrogen) atoms. The molecule has 1 aromatic heterocycles. The normalized spacial score (nSPS) is 11.5. The maximum atomic E-state index is 13.4. The van der Waals surface area contributed by atoms with Crippen LogP contribution in [0.4, 0.5) is 36.4 Å². The maximum Gasteiger partial charge on any atom is 0.416 e. The van der Waals surface area contributed by atoms with Crippen LogP contribution in [0.2, 0.25) is 0 Å². The fourth-order valence-electron chi connectivity index (χ4n) is 1.93. The third kappa shape index (κ3) is 3.52. The summed E-state index contributed by atoms with van der Waals surface area (Å²) in [5.41, 5.74) is -2.77. The number of alkyl halides is 3. The predicted octanol–water partition coefficient (Wildman–Crippen LogP) is 4.28. The summed E-state index contributed by atoms with van der Waals surface area (Å²) in [4.78, 5) is 2.35. The lowest BCUT2D eigenvalue weighted by Crippen LogP contribution is -2.14. The van der Waals surface area contributed by atoms with E-state index < -0.39 is 53.1 Å². The number of methoxy groups -OCH3 is 1. The van der Waals surface area contributed by atoms with Crippen LogP contribution in [0.15, 0.2) is 18.2 Å². The first-order valence-corrected chi connectivity index (χ1v) is 6.33. The Kier molecular flexibility index (Phi) is 4.86. The van der Waals surface area contributed by atoms with Crippen LogP contribution >= 0.6 is 0 Å². The van der Waals surface area contributed by atoms with Gasteiger partial charge in [0.25, 0.3) is 11.9 Å². The van der Waals surface area contributed by atoms with Gasteiger partial charge in [0.15, 0.2) is 0 Å². The highest BCUT2D eigenvalue weighted by atomic mass is 19.4. The Bertz CT molecular complexity index is 736. The SMILES string of the molecule is COc1ccc(CNc2c(F)c(F)nc(F)c2F)c(C(F)(F)F)c1. The lowest BCUT2D eigenvalue weighted by molar-refractivity contribution is -0.138. The summed E-state index contributed by atoms with van der Waals surface area (Å²) in [6.45, 7) is -0.741. The molecule has 130 valence electrons. The van der Waals surface area contributed by atoms with Gasteiger partial charge in [0.1, 0.15) is 11.4 Å². The predicted molar refractivity (Wildman–Crippen MR) is 69.4 cm³/mol. The first-order valence-electron chi connectivity index (χ1n) is 6.33. The van der Waals surface area contributed by atoms with Crippen molar-refractivity contribution in [3.63, 3.8) is 0 Å². The molecule has 2 rings (SSSR count). The first-order chi connectivity index (χ1) is 11.1. The zero-order chi connectivity index (χ0) is 18.1. The van der Waals surface area contributed by atoms with Crippen molar-refractivity contribution in [2.45, 2.75) is 12.7 Å². The Hall–Kier alpha value is -2.52. The van der Waals surface area contributed by atoms with Crippen LogP contribution in [0.1, 0.15) is 11.1 Å². The van der Waals surface area contributed by atoms with Gasteiger partial charge in [0.05, 0.1) is 12.7 Å². The highest BCUT2D eigenvalue weighted by Gasteiger charge is 2.34. The molecule has 0 aliphatic carbocycles. The summed E-state index contributed by atoms with van der Waals surface area (Å²) in [5.74, 6) is -7.58. The molecule has 0 radical (unpaired) electrons. The number of anilines is 1. The summed E-state index contributed by atoms with van der Waals surface area (Å²) >= 11 is 0. The zero-order valence-corrected chi connectivity index (χ0v) is 11.9. The molecule has 0 bridgehead atoms. The summed E-state index contributed by atoms with van der Waals surface area (Å²) < 4.78 is 96.6. The smallest absolute Gasteiger partial charge is 0.416 e. The van der Waals surface area contributed by atoms with Gasteiger partial charge in [-0.3, -0.25) is 0 Å². The first kappa shape index (κ1) is 17.8. The Morgan fingerprint density at radius 3 is 2.12 bits per heavy atom. The summed E-state index contributed by atoms with van der Waals surface area (Å²) in [6.07, 6.45) is -4.77. The molecule has 0 spiro atoms. The fourth-order valence-corrected chi connectivity index (χ4v) is 1.93. The van der Waals surface area contributed by atoms with E-state index in [2.05, 4.69) is 9.72 Å². The molecule has 3 nitrogen and oxygen atoms in total. The van der Waals surface area contributed by atoms with Gasteiger partial charge in [-0.25, -0.2) is 0 Å². The number of ether oxygens (including phenoxy) is 1. The van der Waals surface area contributed by atoms with Crippen molar-refractivity contribution >= 4 is 5.69 Å². The molecule has 0 atom stereocenters. The fraction of sp³-hybridized carbons (Fsp3) is 0.214. The van der Waals surface area contributed by atoms with Crippen molar-refractivity contribution in [3.8, 4) is 5.75 Å². The summed E-state index contributed by atoms with van der Waals surface area (Å²) in [6, 6.07) is 2.91. The number of benzene rings is 1. The molecule has 1 N–H and O–H groups in total. The van der Waals surface area contributed by atoms with Gasteiger partial charge in [-0.2, -0.15) is 35.7 Å². The molecule has 0 fully saturated rings. The Morgan fingerprint density at radius 1 is 1.04 bits per heavy atom. The van der Waals surface area contributed by atoms with E-state index in [9.17, 15) is 30.7 Å². The standard InChI is InChI=1S/C14H9F7N2O/c1-24-7-3-2-6(8(4-7)14(19,20)21)5-22-11-9(15)12(17)23-13(18)10(11)16/h2-4H,5H2,1H3,(H,22,23). The lowest BCUT2D eigenvalue weighted by atomic mass is 10.1. The number of hydrogen-bond donors (Lipinski definition) is 1. The summed E-state index contributed by atoms with van der Waals surface area (Å²) in [7, 11) is 1.17. The van der Waals surface area contributed by atoms with E-state index in [1.54, 1.807) is 0 Å². The van der Waals surface area contributed by atoms with E-state index in [0.29, 0.717) is 6.07 Å². The van der Waals surface area contributed by atoms with Gasteiger partial charge in [-0.1, -0.05) is 6.07 Å². The van der Waals surface area contributed by atoms with E-state index in [4.69, 9.17) is 0 Å². The van der Waals surface area contributed by atoms with Crippen molar-refractivity contribution in [3.05, 3.63) is 52.9 Å². The second-order valence-corrected chi connectivity index (χ2v) is 4.57. The molecule has 0 amide bonds. The van der Waals surface area contributed by atoms with E-state index in [-0.39, 0.29) is 5.75 Å². The monoisotopic (exact) mass is 354 g/mol. The Balaban J connectivity index is 2.37. The molecule has 1 heterocycles. The minimum Gasteiger partial charge on any atom is -0.497 e. The lowest BCUT2D eigenvalue weighted by Gasteiger charge is -2.16. The number of aromatic nitrogens is 1. The van der Waals surface area contributed by atoms with E-state index in [0.717, 1.165) is 6.07 Å². The molecule has 10 heteroatoms. The van der Waals surface area contributed by atoms with Crippen LogP contribution in [0.25, 0.3) is 0 Å². The minimum atomic E-state index is -4.77. The number of rotatable bonds is 4. The Morgan fingerprint density at radius 2 is 1.62 bits per heavy atom. The van der Waals surface area contributed by atoms with Crippen LogP contribution in [-0.2, 0) is 12.7 Å². The second-order valence-electron chi connectivity index (χ2n) is 4.57. The highest BCUT2D eigenvalue weighted by Crippen LogP contribution is 2.35. The van der Waals surface area contributed by atoms with Crippen LogP contribution in [0.5, 0.6) is 5.75 Å². The van der Waals surface area contributed by atoms with Crippen molar-refractivity contribution < 1.29 is 35.5 Å². The van der Waals surface area contributed by atoms with Gasteiger partial charge in [0.2, 0.25) is 11.6 Å². The molecule has 0 aliphatic rings.